The molecule has 11 heteroatoms. The molecule has 2 aliphatic rings. The molecule has 0 unspecified atom stereocenters. The number of carbonyl (C=O) groups excluding carboxylic acids is 1. The third-order valence-electron chi connectivity index (χ3n) is 6.91. The van der Waals surface area contributed by atoms with Crippen molar-refractivity contribution in [3.63, 3.8) is 0 Å². The number of hydrogen-bond donors (Lipinski definition) is 1. The minimum Gasteiger partial charge on any atom is -0.493 e. The molecule has 1 saturated heterocycles. The van der Waals surface area contributed by atoms with E-state index in [0.29, 0.717) is 56.8 Å². The van der Waals surface area contributed by atoms with Crippen LogP contribution in [0.15, 0.2) is 48.8 Å². The molecule has 7 nitrogen and oxygen atoms in total. The second-order valence-corrected chi connectivity index (χ2v) is 9.66. The predicted octanol–water partition coefficient (Wildman–Crippen LogP) is 5.46. The van der Waals surface area contributed by atoms with Gasteiger partial charge in [-0.15, -0.1) is 0 Å². The predicted molar refractivity (Wildman–Crippen MR) is 140 cm³/mol. The van der Waals surface area contributed by atoms with Crippen LogP contribution in [-0.4, -0.2) is 48.8 Å². The summed E-state index contributed by atoms with van der Waals surface area (Å²) in [4.78, 5) is 24.6. The minimum atomic E-state index is -1.35. The number of para-hydroxylation sites is 1. The zero-order valence-electron chi connectivity index (χ0n) is 20.5. The summed E-state index contributed by atoms with van der Waals surface area (Å²) in [7, 11) is 0. The smallest absolute Gasteiger partial charge is 0.255 e. The Balaban J connectivity index is 1.50. The Labute approximate surface area is 226 Å². The van der Waals surface area contributed by atoms with Crippen molar-refractivity contribution in [1.29, 1.82) is 0 Å². The van der Waals surface area contributed by atoms with Crippen LogP contribution in [0.25, 0.3) is 22.2 Å². The second-order valence-electron chi connectivity index (χ2n) is 9.25. The van der Waals surface area contributed by atoms with Gasteiger partial charge in [-0.25, -0.2) is 13.2 Å². The quantitative estimate of drug-likeness (QED) is 0.338. The van der Waals surface area contributed by atoms with Gasteiger partial charge in [-0.05, 0) is 12.1 Å². The maximum absolute atomic E-state index is 14.9. The first-order chi connectivity index (χ1) is 18.9. The first-order valence-corrected chi connectivity index (χ1v) is 12.8. The van der Waals surface area contributed by atoms with Gasteiger partial charge in [-0.3, -0.25) is 14.8 Å². The number of anilines is 1. The fourth-order valence-corrected chi connectivity index (χ4v) is 5.33. The maximum atomic E-state index is 14.9. The van der Waals surface area contributed by atoms with Crippen LogP contribution >= 0.6 is 11.6 Å². The van der Waals surface area contributed by atoms with E-state index < -0.39 is 17.5 Å². The lowest BCUT2D eigenvalue weighted by Crippen LogP contribution is -2.39. The number of amides is 1. The van der Waals surface area contributed by atoms with Gasteiger partial charge >= 0.3 is 0 Å². The van der Waals surface area contributed by atoms with E-state index in [1.165, 1.54) is 12.4 Å². The fourth-order valence-electron chi connectivity index (χ4n) is 5.09. The maximum Gasteiger partial charge on any atom is 0.255 e. The molecule has 1 atom stereocenters. The summed E-state index contributed by atoms with van der Waals surface area (Å²) in [6.07, 6.45) is 3.21. The van der Waals surface area contributed by atoms with E-state index in [1.807, 2.05) is 29.2 Å². The monoisotopic (exact) mass is 554 g/mol. The summed E-state index contributed by atoms with van der Waals surface area (Å²) >= 11 is 6.39. The van der Waals surface area contributed by atoms with E-state index in [0.717, 1.165) is 11.6 Å². The molecule has 2 aliphatic heterocycles. The van der Waals surface area contributed by atoms with E-state index >= 15 is 0 Å². The van der Waals surface area contributed by atoms with Crippen molar-refractivity contribution in [3.05, 3.63) is 82.4 Å². The Morgan fingerprint density at radius 2 is 1.79 bits per heavy atom. The molecule has 1 amide bonds. The molecule has 0 spiro atoms. The van der Waals surface area contributed by atoms with Crippen molar-refractivity contribution in [2.75, 3.05) is 37.8 Å². The van der Waals surface area contributed by atoms with Crippen molar-refractivity contribution >= 4 is 34.2 Å². The Kier molecular flexibility index (Phi) is 6.74. The average molecular weight is 555 g/mol. The van der Waals surface area contributed by atoms with Gasteiger partial charge in [0.05, 0.1) is 42.1 Å². The van der Waals surface area contributed by atoms with Gasteiger partial charge in [0.15, 0.2) is 11.6 Å². The van der Waals surface area contributed by atoms with E-state index in [-0.39, 0.29) is 44.7 Å². The molecule has 2 aromatic heterocycles. The topological polar surface area (TPSA) is 76.6 Å². The summed E-state index contributed by atoms with van der Waals surface area (Å²) in [6, 6.07) is 8.55. The molecule has 0 saturated carbocycles. The highest BCUT2D eigenvalue weighted by atomic mass is 35.5. The van der Waals surface area contributed by atoms with Crippen LogP contribution < -0.4 is 15.0 Å². The molecule has 1 N–H and O–H groups in total. The van der Waals surface area contributed by atoms with E-state index in [9.17, 15) is 18.0 Å². The summed E-state index contributed by atoms with van der Waals surface area (Å²) in [6.45, 7) is 2.21. The summed E-state index contributed by atoms with van der Waals surface area (Å²) in [5, 5.41) is 3.05. The number of aromatic nitrogens is 2. The number of morpholine rings is 1. The van der Waals surface area contributed by atoms with Crippen molar-refractivity contribution in [2.24, 2.45) is 0 Å². The number of benzene rings is 2. The van der Waals surface area contributed by atoms with Crippen LogP contribution in [-0.2, 0) is 4.74 Å². The molecular weight excluding hydrogens is 533 g/mol. The molecule has 0 aliphatic carbocycles. The molecule has 2 aromatic carbocycles. The van der Waals surface area contributed by atoms with Crippen LogP contribution in [0.4, 0.5) is 18.9 Å². The second kappa shape index (κ2) is 10.3. The standard InChI is InChI=1S/C28H22ClF3N4O3/c29-19-14-34-26-25(23(19)17-11-15(30)12-20(31)24(17)32)33-13-18(27(26)36-6-9-38-10-7-36)28(37)35-21-5-8-39-22-4-2-1-3-16(21)22/h1-4,11-14,21H,5-10H2,(H,35,37)/t21-/m0/s1. The Morgan fingerprint density at radius 1 is 1.03 bits per heavy atom. The number of fused-ring (bicyclic) bond motifs is 2. The summed E-state index contributed by atoms with van der Waals surface area (Å²) in [5.41, 5.74) is 1.53. The minimum absolute atomic E-state index is 0.0163. The molecule has 39 heavy (non-hydrogen) atoms. The zero-order chi connectivity index (χ0) is 27.1. The molecule has 4 aromatic rings. The Morgan fingerprint density at radius 3 is 2.62 bits per heavy atom. The number of rotatable bonds is 4. The zero-order valence-corrected chi connectivity index (χ0v) is 21.3. The fraction of sp³-hybridized carbons (Fsp3) is 0.250. The van der Waals surface area contributed by atoms with E-state index in [4.69, 9.17) is 21.1 Å². The number of ether oxygens (including phenoxy) is 2. The van der Waals surface area contributed by atoms with E-state index in [2.05, 4.69) is 15.3 Å². The Hall–Kier alpha value is -3.89. The lowest BCUT2D eigenvalue weighted by molar-refractivity contribution is 0.0923. The molecule has 6 rings (SSSR count). The van der Waals surface area contributed by atoms with Crippen LogP contribution in [0, 0.1) is 17.5 Å². The van der Waals surface area contributed by atoms with Gasteiger partial charge in [0.25, 0.3) is 5.91 Å². The largest absolute Gasteiger partial charge is 0.493 e. The van der Waals surface area contributed by atoms with Crippen LogP contribution in [0.3, 0.4) is 0 Å². The number of nitrogens with one attached hydrogen (secondary N) is 1. The molecule has 200 valence electrons. The van der Waals surface area contributed by atoms with Gasteiger partial charge in [0.1, 0.15) is 22.6 Å². The molecule has 4 heterocycles. The highest BCUT2D eigenvalue weighted by molar-refractivity contribution is 6.34. The molecule has 0 bridgehead atoms. The number of nitrogens with zero attached hydrogens (tertiary/aromatic N) is 3. The van der Waals surface area contributed by atoms with Gasteiger partial charge in [-0.1, -0.05) is 29.8 Å². The first kappa shape index (κ1) is 25.4. The van der Waals surface area contributed by atoms with Crippen LogP contribution in [0.2, 0.25) is 5.02 Å². The average Bonchev–Trinajstić information content (AvgIpc) is 2.95. The first-order valence-electron chi connectivity index (χ1n) is 12.4. The Bertz CT molecular complexity index is 1600. The summed E-state index contributed by atoms with van der Waals surface area (Å²) in [5.74, 6) is -3.25. The van der Waals surface area contributed by atoms with Crippen molar-refractivity contribution in [3.8, 4) is 16.9 Å². The number of hydrogen-bond acceptors (Lipinski definition) is 6. The lowest BCUT2D eigenvalue weighted by Gasteiger charge is -2.32. The van der Waals surface area contributed by atoms with Crippen molar-refractivity contribution in [2.45, 2.75) is 12.5 Å². The van der Waals surface area contributed by atoms with Gasteiger partial charge in [0.2, 0.25) is 0 Å². The van der Waals surface area contributed by atoms with Gasteiger partial charge < -0.3 is 19.7 Å². The van der Waals surface area contributed by atoms with Crippen molar-refractivity contribution < 1.29 is 27.4 Å². The number of pyridine rings is 2. The summed E-state index contributed by atoms with van der Waals surface area (Å²) < 4.78 is 54.4. The third kappa shape index (κ3) is 4.63. The SMILES string of the molecule is O=C(N[C@H]1CCOc2ccccc21)c1cnc2c(-c3cc(F)cc(F)c3F)c(Cl)cnc2c1N1CCOCC1. The molecule has 0 radical (unpaired) electrons. The highest BCUT2D eigenvalue weighted by Crippen LogP contribution is 2.40. The normalized spacial score (nSPS) is 17.0. The number of halogens is 4. The third-order valence-corrected chi connectivity index (χ3v) is 7.19. The van der Waals surface area contributed by atoms with Crippen LogP contribution in [0.5, 0.6) is 5.75 Å². The highest BCUT2D eigenvalue weighted by Gasteiger charge is 2.29. The van der Waals surface area contributed by atoms with E-state index in [1.54, 1.807) is 0 Å². The van der Waals surface area contributed by atoms with Crippen molar-refractivity contribution in [1.82, 2.24) is 15.3 Å². The van der Waals surface area contributed by atoms with Gasteiger partial charge in [-0.2, -0.15) is 0 Å². The lowest BCUT2D eigenvalue weighted by atomic mass is 9.99. The van der Waals surface area contributed by atoms with Crippen LogP contribution in [0.1, 0.15) is 28.4 Å². The molecule has 1 fully saturated rings. The number of carbonyl (C=O) groups is 1. The van der Waals surface area contributed by atoms with Gasteiger partial charge in [0, 0.05) is 54.7 Å². The molecular formula is C28H22ClF3N4O3.